The van der Waals surface area contributed by atoms with E-state index in [0.29, 0.717) is 6.42 Å². The van der Waals surface area contributed by atoms with Crippen molar-refractivity contribution < 1.29 is 14.7 Å². The molecule has 4 N–H and O–H groups in total. The molecule has 5 nitrogen and oxygen atoms in total. The van der Waals surface area contributed by atoms with Gasteiger partial charge in [-0.3, -0.25) is 9.59 Å². The minimum absolute atomic E-state index is 0.00361. The molecule has 96 valence electrons. The second kappa shape index (κ2) is 5.04. The summed E-state index contributed by atoms with van der Waals surface area (Å²) in [4.78, 5) is 23.0. The van der Waals surface area contributed by atoms with E-state index in [1.807, 2.05) is 0 Å². The van der Waals surface area contributed by atoms with Crippen molar-refractivity contribution in [2.24, 2.45) is 17.6 Å². The third-order valence-corrected chi connectivity index (χ3v) is 4.00. The third-order valence-electron chi connectivity index (χ3n) is 4.00. The number of hydrogen-bond acceptors (Lipinski definition) is 3. The first-order valence-corrected chi connectivity index (χ1v) is 6.36. The van der Waals surface area contributed by atoms with Crippen LogP contribution in [0, 0.1) is 11.8 Å². The summed E-state index contributed by atoms with van der Waals surface area (Å²) in [6.07, 6.45) is 4.79. The number of nitrogens with one attached hydrogen (secondary N) is 1. The Kier molecular flexibility index (Phi) is 3.66. The summed E-state index contributed by atoms with van der Waals surface area (Å²) in [5.41, 5.74) is 5.77. The van der Waals surface area contributed by atoms with Gasteiger partial charge in [-0.2, -0.15) is 0 Å². The van der Waals surface area contributed by atoms with E-state index in [4.69, 9.17) is 10.8 Å². The van der Waals surface area contributed by atoms with E-state index in [1.54, 1.807) is 0 Å². The highest BCUT2D eigenvalue weighted by atomic mass is 16.4. The van der Waals surface area contributed by atoms with Crippen LogP contribution in [0.3, 0.4) is 0 Å². The number of rotatable bonds is 3. The van der Waals surface area contributed by atoms with Gasteiger partial charge < -0.3 is 16.2 Å². The molecule has 1 amide bonds. The van der Waals surface area contributed by atoms with Gasteiger partial charge in [-0.25, -0.2) is 0 Å². The van der Waals surface area contributed by atoms with Crippen LogP contribution in [0.4, 0.5) is 0 Å². The molecule has 0 spiro atoms. The zero-order chi connectivity index (χ0) is 12.4. The molecule has 2 saturated carbocycles. The average molecular weight is 240 g/mol. The zero-order valence-corrected chi connectivity index (χ0v) is 9.89. The van der Waals surface area contributed by atoms with E-state index < -0.39 is 11.9 Å². The largest absolute Gasteiger partial charge is 0.481 e. The van der Waals surface area contributed by atoms with Gasteiger partial charge in [-0.15, -0.1) is 0 Å². The van der Waals surface area contributed by atoms with Crippen molar-refractivity contribution in [2.45, 2.75) is 50.6 Å². The van der Waals surface area contributed by atoms with Crippen LogP contribution in [-0.2, 0) is 9.59 Å². The van der Waals surface area contributed by atoms with E-state index in [1.165, 1.54) is 0 Å². The Morgan fingerprint density at radius 3 is 2.53 bits per heavy atom. The van der Waals surface area contributed by atoms with Gasteiger partial charge in [0, 0.05) is 18.0 Å². The van der Waals surface area contributed by atoms with E-state index in [2.05, 4.69) is 5.32 Å². The molecule has 2 aliphatic carbocycles. The Morgan fingerprint density at radius 1 is 1.18 bits per heavy atom. The van der Waals surface area contributed by atoms with Gasteiger partial charge in [-0.1, -0.05) is 6.42 Å². The average Bonchev–Trinajstić information content (AvgIpc) is 2.86. The smallest absolute Gasteiger partial charge is 0.308 e. The predicted molar refractivity (Wildman–Crippen MR) is 62.2 cm³/mol. The van der Waals surface area contributed by atoms with Crippen LogP contribution >= 0.6 is 0 Å². The first kappa shape index (κ1) is 12.4. The number of carboxylic acids is 1. The minimum Gasteiger partial charge on any atom is -0.481 e. The van der Waals surface area contributed by atoms with Crippen molar-refractivity contribution in [3.8, 4) is 0 Å². The second-order valence-corrected chi connectivity index (χ2v) is 5.26. The Bertz CT molecular complexity index is 319. The fourth-order valence-corrected chi connectivity index (χ4v) is 2.98. The van der Waals surface area contributed by atoms with Gasteiger partial charge in [0.15, 0.2) is 0 Å². The molecule has 0 saturated heterocycles. The predicted octanol–water partition coefficient (Wildman–Crippen LogP) is 0.483. The van der Waals surface area contributed by atoms with Gasteiger partial charge in [0.25, 0.3) is 0 Å². The molecule has 0 aromatic heterocycles. The van der Waals surface area contributed by atoms with Crippen molar-refractivity contribution in [3.05, 3.63) is 0 Å². The topological polar surface area (TPSA) is 92.4 Å². The Morgan fingerprint density at radius 2 is 1.94 bits per heavy atom. The number of hydrogen-bond donors (Lipinski definition) is 3. The highest BCUT2D eigenvalue weighted by molar-refractivity contribution is 5.80. The van der Waals surface area contributed by atoms with E-state index in [0.717, 1.165) is 32.1 Å². The molecule has 2 fully saturated rings. The molecule has 0 radical (unpaired) electrons. The molecule has 5 heteroatoms. The molecule has 4 unspecified atom stereocenters. The SMILES string of the molecule is NC1CCC(C(=O)NC2CCCC2C(=O)O)C1. The van der Waals surface area contributed by atoms with Crippen molar-refractivity contribution >= 4 is 11.9 Å². The summed E-state index contributed by atoms with van der Waals surface area (Å²) in [7, 11) is 0. The quantitative estimate of drug-likeness (QED) is 0.669. The number of carboxylic acid groups (broad SMARTS) is 1. The first-order chi connectivity index (χ1) is 8.08. The first-order valence-electron chi connectivity index (χ1n) is 6.36. The van der Waals surface area contributed by atoms with Gasteiger partial charge >= 0.3 is 5.97 Å². The monoisotopic (exact) mass is 240 g/mol. The highest BCUT2D eigenvalue weighted by Gasteiger charge is 2.36. The second-order valence-electron chi connectivity index (χ2n) is 5.26. The van der Waals surface area contributed by atoms with Crippen LogP contribution in [0.25, 0.3) is 0 Å². The summed E-state index contributed by atoms with van der Waals surface area (Å²) >= 11 is 0. The molecular formula is C12H20N2O3. The third kappa shape index (κ3) is 2.77. The van der Waals surface area contributed by atoms with Crippen LogP contribution in [0.15, 0.2) is 0 Å². The number of carbonyl (C=O) groups is 2. The van der Waals surface area contributed by atoms with Crippen LogP contribution in [-0.4, -0.2) is 29.1 Å². The zero-order valence-electron chi connectivity index (χ0n) is 9.89. The van der Waals surface area contributed by atoms with Crippen LogP contribution < -0.4 is 11.1 Å². The standard InChI is InChI=1S/C12H20N2O3/c13-8-5-4-7(6-8)11(15)14-10-3-1-2-9(10)12(16)17/h7-10H,1-6,13H2,(H,14,15)(H,16,17). The maximum absolute atomic E-state index is 12.0. The molecule has 0 heterocycles. The van der Waals surface area contributed by atoms with Crippen LogP contribution in [0.5, 0.6) is 0 Å². The maximum atomic E-state index is 12.0. The summed E-state index contributed by atoms with van der Waals surface area (Å²) in [6.45, 7) is 0. The molecule has 0 bridgehead atoms. The molecule has 17 heavy (non-hydrogen) atoms. The Labute approximate surface area is 101 Å². The highest BCUT2D eigenvalue weighted by Crippen LogP contribution is 2.28. The summed E-state index contributed by atoms with van der Waals surface area (Å²) < 4.78 is 0. The molecule has 2 rings (SSSR count). The van der Waals surface area contributed by atoms with Crippen LogP contribution in [0.2, 0.25) is 0 Å². The van der Waals surface area contributed by atoms with Gasteiger partial charge in [-0.05, 0) is 32.1 Å². The number of amides is 1. The number of aliphatic carboxylic acids is 1. The van der Waals surface area contributed by atoms with Crippen molar-refractivity contribution in [1.82, 2.24) is 5.32 Å². The van der Waals surface area contributed by atoms with E-state index in [9.17, 15) is 9.59 Å². The molecule has 0 aromatic rings. The molecule has 2 aliphatic rings. The fraction of sp³-hybridized carbons (Fsp3) is 0.833. The Balaban J connectivity index is 1.88. The Hall–Kier alpha value is -1.10. The van der Waals surface area contributed by atoms with E-state index in [-0.39, 0.29) is 23.9 Å². The summed E-state index contributed by atoms with van der Waals surface area (Å²) in [5.74, 6) is -1.22. The minimum atomic E-state index is -0.795. The van der Waals surface area contributed by atoms with E-state index >= 15 is 0 Å². The van der Waals surface area contributed by atoms with Crippen molar-refractivity contribution in [1.29, 1.82) is 0 Å². The van der Waals surface area contributed by atoms with Crippen LogP contribution in [0.1, 0.15) is 38.5 Å². The molecule has 0 aliphatic heterocycles. The number of carbonyl (C=O) groups excluding carboxylic acids is 1. The lowest BCUT2D eigenvalue weighted by molar-refractivity contribution is -0.142. The van der Waals surface area contributed by atoms with Gasteiger partial charge in [0.1, 0.15) is 0 Å². The normalized spacial score (nSPS) is 37.0. The summed E-state index contributed by atoms with van der Waals surface area (Å²) in [6, 6.07) is -0.0542. The lowest BCUT2D eigenvalue weighted by Crippen LogP contribution is -2.42. The molecular weight excluding hydrogens is 220 g/mol. The maximum Gasteiger partial charge on any atom is 0.308 e. The molecule has 0 aromatic carbocycles. The van der Waals surface area contributed by atoms with Gasteiger partial charge in [0.2, 0.25) is 5.91 Å². The van der Waals surface area contributed by atoms with Crippen molar-refractivity contribution in [2.75, 3.05) is 0 Å². The number of nitrogens with two attached hydrogens (primary N) is 1. The fourth-order valence-electron chi connectivity index (χ4n) is 2.98. The van der Waals surface area contributed by atoms with Crippen molar-refractivity contribution in [3.63, 3.8) is 0 Å². The molecule has 4 atom stereocenters. The lowest BCUT2D eigenvalue weighted by Gasteiger charge is -2.20. The summed E-state index contributed by atoms with van der Waals surface area (Å²) in [5, 5.41) is 11.9. The lowest BCUT2D eigenvalue weighted by atomic mass is 10.0. The van der Waals surface area contributed by atoms with Gasteiger partial charge in [0.05, 0.1) is 5.92 Å².